The first-order valence-electron chi connectivity index (χ1n) is 7.82. The van der Waals surface area contributed by atoms with Crippen molar-refractivity contribution in [2.24, 2.45) is 0 Å². The quantitative estimate of drug-likeness (QED) is 0.639. The summed E-state index contributed by atoms with van der Waals surface area (Å²) in [6.45, 7) is 1.99. The van der Waals surface area contributed by atoms with Gasteiger partial charge in [0.1, 0.15) is 0 Å². The molecule has 0 bridgehead atoms. The molecule has 1 aromatic carbocycles. The Bertz CT molecular complexity index is 718. The summed E-state index contributed by atoms with van der Waals surface area (Å²) in [7, 11) is 0. The maximum atomic E-state index is 13.3. The second-order valence-corrected chi connectivity index (χ2v) is 6.48. The Balaban J connectivity index is 2.00. The molecule has 2 rings (SSSR count). The lowest BCUT2D eigenvalue weighted by molar-refractivity contribution is 0.180. The smallest absolute Gasteiger partial charge is 0.165 e. The first kappa shape index (κ1) is 18.4. The highest BCUT2D eigenvalue weighted by Gasteiger charge is 2.11. The molecule has 0 aliphatic heterocycles. The van der Waals surface area contributed by atoms with Crippen molar-refractivity contribution in [1.82, 2.24) is 0 Å². The minimum absolute atomic E-state index is 0.281. The van der Waals surface area contributed by atoms with E-state index >= 15 is 0 Å². The molecular weight excluding hydrogens is 327 g/mol. The third-order valence-corrected chi connectivity index (χ3v) is 4.72. The van der Waals surface area contributed by atoms with Crippen molar-refractivity contribution in [3.05, 3.63) is 69.4 Å². The van der Waals surface area contributed by atoms with Gasteiger partial charge < -0.3 is 15.3 Å². The zero-order valence-corrected chi connectivity index (χ0v) is 14.3. The lowest BCUT2D eigenvalue weighted by Gasteiger charge is -2.10. The monoisotopic (exact) mass is 348 g/mol. The second kappa shape index (κ2) is 8.81. The first-order chi connectivity index (χ1) is 11.5. The number of halogens is 1. The number of aliphatic hydroxyl groups is 2. The predicted molar refractivity (Wildman–Crippen MR) is 93.4 cm³/mol. The molecule has 5 heteroatoms. The van der Waals surface area contributed by atoms with Crippen LogP contribution in [0.4, 0.5) is 4.39 Å². The van der Waals surface area contributed by atoms with Gasteiger partial charge in [0.15, 0.2) is 11.6 Å². The van der Waals surface area contributed by atoms with Crippen molar-refractivity contribution in [3.63, 3.8) is 0 Å². The van der Waals surface area contributed by atoms with E-state index in [1.165, 1.54) is 23.5 Å². The summed E-state index contributed by atoms with van der Waals surface area (Å²) in [6, 6.07) is 7.64. The highest BCUT2D eigenvalue weighted by Crippen LogP contribution is 2.26. The van der Waals surface area contributed by atoms with Gasteiger partial charge in [0.25, 0.3) is 0 Å². The van der Waals surface area contributed by atoms with E-state index in [4.69, 9.17) is 5.11 Å². The number of benzene rings is 1. The Hall–Kier alpha value is -1.91. The number of hydrogen-bond donors (Lipinski definition) is 3. The number of hydrogen-bond acceptors (Lipinski definition) is 4. The fourth-order valence-corrected chi connectivity index (χ4v) is 3.01. The fraction of sp³-hybridized carbons (Fsp3) is 0.316. The Morgan fingerprint density at radius 2 is 2.08 bits per heavy atom. The van der Waals surface area contributed by atoms with Gasteiger partial charge in [-0.3, -0.25) is 0 Å². The zero-order valence-electron chi connectivity index (χ0n) is 13.4. The molecule has 0 fully saturated rings. The Morgan fingerprint density at radius 3 is 2.71 bits per heavy atom. The van der Waals surface area contributed by atoms with Gasteiger partial charge in [-0.1, -0.05) is 19.1 Å². The maximum Gasteiger partial charge on any atom is 0.165 e. The Kier molecular flexibility index (Phi) is 6.76. The van der Waals surface area contributed by atoms with E-state index in [2.05, 4.69) is 5.73 Å². The summed E-state index contributed by atoms with van der Waals surface area (Å²) < 4.78 is 13.3. The number of aliphatic hydroxyl groups excluding tert-OH is 2. The van der Waals surface area contributed by atoms with Crippen LogP contribution in [0.15, 0.2) is 53.1 Å². The highest BCUT2D eigenvalue weighted by atomic mass is 32.1. The standard InChI is InChI=1S/C19H21FO3S/c1-2-13(11-18(23)19-7-4-10-24-19)5-3-6-16(21)14-8-9-17(22)15(20)12-14/h3-4,7-10,12,16,18,21-23H,2,6,11H2,1H3/t5?,16-,18-/m1/s1. The van der Waals surface area contributed by atoms with E-state index in [1.54, 1.807) is 6.08 Å². The number of phenolic OH excluding ortho intramolecular Hbond substituents is 1. The summed E-state index contributed by atoms with van der Waals surface area (Å²) in [4.78, 5) is 0.919. The van der Waals surface area contributed by atoms with Crippen LogP contribution in [0.1, 0.15) is 48.8 Å². The fourth-order valence-electron chi connectivity index (χ4n) is 2.30. The molecule has 1 heterocycles. The molecule has 0 aliphatic rings. The number of phenols is 1. The van der Waals surface area contributed by atoms with Crippen LogP contribution in [-0.2, 0) is 0 Å². The minimum atomic E-state index is -0.868. The summed E-state index contributed by atoms with van der Waals surface area (Å²) in [5, 5.41) is 31.3. The first-order valence-corrected chi connectivity index (χ1v) is 8.70. The zero-order chi connectivity index (χ0) is 17.5. The largest absolute Gasteiger partial charge is 0.505 e. The molecule has 128 valence electrons. The van der Waals surface area contributed by atoms with Crippen molar-refractivity contribution in [2.45, 2.75) is 38.4 Å². The number of thiophene rings is 1. The highest BCUT2D eigenvalue weighted by molar-refractivity contribution is 7.10. The van der Waals surface area contributed by atoms with E-state index in [0.717, 1.165) is 22.9 Å². The molecule has 0 saturated carbocycles. The second-order valence-electron chi connectivity index (χ2n) is 5.50. The average Bonchev–Trinajstić information content (AvgIpc) is 3.10. The van der Waals surface area contributed by atoms with E-state index in [-0.39, 0.29) is 6.42 Å². The van der Waals surface area contributed by atoms with Crippen molar-refractivity contribution < 1.29 is 19.7 Å². The van der Waals surface area contributed by atoms with Gasteiger partial charge in [0.05, 0.1) is 12.2 Å². The summed E-state index contributed by atoms with van der Waals surface area (Å²) in [5.74, 6) is -1.18. The number of rotatable bonds is 7. The molecular formula is C19H21FO3S. The molecule has 2 aromatic rings. The topological polar surface area (TPSA) is 60.7 Å². The normalized spacial score (nSPS) is 13.2. The molecule has 3 N–H and O–H groups in total. The summed E-state index contributed by atoms with van der Waals surface area (Å²) >= 11 is 1.51. The van der Waals surface area contributed by atoms with Gasteiger partial charge in [0, 0.05) is 17.7 Å². The Morgan fingerprint density at radius 1 is 1.29 bits per heavy atom. The molecule has 3 nitrogen and oxygen atoms in total. The summed E-state index contributed by atoms with van der Waals surface area (Å²) in [5.41, 5.74) is 4.48. The van der Waals surface area contributed by atoms with Crippen molar-refractivity contribution in [1.29, 1.82) is 0 Å². The van der Waals surface area contributed by atoms with E-state index < -0.39 is 23.8 Å². The van der Waals surface area contributed by atoms with Gasteiger partial charge in [-0.15, -0.1) is 17.1 Å². The van der Waals surface area contributed by atoms with E-state index in [0.29, 0.717) is 12.0 Å². The van der Waals surface area contributed by atoms with Crippen LogP contribution < -0.4 is 0 Å². The van der Waals surface area contributed by atoms with Gasteiger partial charge in [0.2, 0.25) is 0 Å². The lowest BCUT2D eigenvalue weighted by atomic mass is 10.0. The predicted octanol–water partition coefficient (Wildman–Crippen LogP) is 4.63. The van der Waals surface area contributed by atoms with Crippen molar-refractivity contribution >= 4 is 11.3 Å². The molecule has 0 spiro atoms. The summed E-state index contributed by atoms with van der Waals surface area (Å²) in [6.07, 6.45) is 1.82. The van der Waals surface area contributed by atoms with Crippen LogP contribution in [0.3, 0.4) is 0 Å². The molecule has 0 radical (unpaired) electrons. The van der Waals surface area contributed by atoms with Gasteiger partial charge in [-0.2, -0.15) is 0 Å². The third-order valence-electron chi connectivity index (χ3n) is 3.74. The lowest BCUT2D eigenvalue weighted by Crippen LogP contribution is -1.97. The van der Waals surface area contributed by atoms with Gasteiger partial charge >= 0.3 is 0 Å². The van der Waals surface area contributed by atoms with Gasteiger partial charge in [-0.05, 0) is 47.2 Å². The third kappa shape index (κ3) is 5.05. The van der Waals surface area contributed by atoms with Crippen molar-refractivity contribution in [3.8, 4) is 5.75 Å². The van der Waals surface area contributed by atoms with Crippen LogP contribution >= 0.6 is 11.3 Å². The molecule has 0 aliphatic carbocycles. The average molecular weight is 348 g/mol. The van der Waals surface area contributed by atoms with Gasteiger partial charge in [-0.25, -0.2) is 4.39 Å². The minimum Gasteiger partial charge on any atom is -0.505 e. The molecule has 0 unspecified atom stereocenters. The van der Waals surface area contributed by atoms with Crippen LogP contribution in [0.25, 0.3) is 0 Å². The maximum absolute atomic E-state index is 13.3. The van der Waals surface area contributed by atoms with Crippen LogP contribution in [0, 0.1) is 5.82 Å². The molecule has 24 heavy (non-hydrogen) atoms. The SMILES string of the molecule is CCC(=C=CC[C@@H](O)c1ccc(O)c(F)c1)C[C@@H](O)c1cccs1. The number of aromatic hydroxyl groups is 1. The molecule has 0 saturated heterocycles. The van der Waals surface area contributed by atoms with Crippen molar-refractivity contribution in [2.75, 3.05) is 0 Å². The molecule has 0 amide bonds. The van der Waals surface area contributed by atoms with Crippen LogP contribution in [-0.4, -0.2) is 15.3 Å². The van der Waals surface area contributed by atoms with Crippen LogP contribution in [0.2, 0.25) is 0 Å². The Labute approximate surface area is 145 Å². The van der Waals surface area contributed by atoms with E-state index in [9.17, 15) is 14.6 Å². The van der Waals surface area contributed by atoms with Crippen LogP contribution in [0.5, 0.6) is 5.75 Å². The van der Waals surface area contributed by atoms with E-state index in [1.807, 2.05) is 24.4 Å². The molecule has 1 aromatic heterocycles. The molecule has 2 atom stereocenters.